The van der Waals surface area contributed by atoms with Crippen molar-refractivity contribution in [1.29, 1.82) is 0 Å². The van der Waals surface area contributed by atoms with E-state index in [4.69, 9.17) is 10.5 Å². The van der Waals surface area contributed by atoms with Crippen LogP contribution in [0.4, 0.5) is 4.39 Å². The molecule has 1 aromatic carbocycles. The van der Waals surface area contributed by atoms with Crippen LogP contribution in [0, 0.1) is 11.7 Å². The van der Waals surface area contributed by atoms with Gasteiger partial charge in [-0.3, -0.25) is 0 Å². The summed E-state index contributed by atoms with van der Waals surface area (Å²) in [5, 5.41) is 0. The van der Waals surface area contributed by atoms with Gasteiger partial charge in [-0.25, -0.2) is 4.39 Å². The zero-order valence-electron chi connectivity index (χ0n) is 9.37. The topological polar surface area (TPSA) is 35.2 Å². The van der Waals surface area contributed by atoms with E-state index in [0.717, 1.165) is 12.0 Å². The fourth-order valence-corrected chi connectivity index (χ4v) is 2.69. The van der Waals surface area contributed by atoms with Crippen LogP contribution < -0.4 is 10.5 Å². The molecule has 86 valence electrons. The molecule has 0 bridgehead atoms. The predicted octanol–water partition coefficient (Wildman–Crippen LogP) is 2.78. The van der Waals surface area contributed by atoms with Crippen LogP contribution in [-0.2, 0) is 0 Å². The molecule has 2 aliphatic rings. The Balaban J connectivity index is 2.00. The van der Waals surface area contributed by atoms with Crippen molar-refractivity contribution in [2.75, 3.05) is 0 Å². The third-order valence-corrected chi connectivity index (χ3v) is 3.78. The van der Waals surface area contributed by atoms with Crippen LogP contribution in [0.1, 0.15) is 37.8 Å². The van der Waals surface area contributed by atoms with Crippen molar-refractivity contribution in [3.05, 3.63) is 29.6 Å². The SMILES string of the molecule is CC1(C2CC2)C[C@@H](N)c2ccc(F)cc2O1. The molecular formula is C13H16FNO. The van der Waals surface area contributed by atoms with Crippen LogP contribution in [0.5, 0.6) is 5.75 Å². The smallest absolute Gasteiger partial charge is 0.127 e. The van der Waals surface area contributed by atoms with Gasteiger partial charge in [-0.2, -0.15) is 0 Å². The minimum Gasteiger partial charge on any atom is -0.487 e. The highest BCUT2D eigenvalue weighted by molar-refractivity contribution is 5.39. The summed E-state index contributed by atoms with van der Waals surface area (Å²) in [7, 11) is 0. The standard InChI is InChI=1S/C13H16FNO/c1-13(8-2-3-8)7-11(15)10-5-4-9(14)6-12(10)16-13/h4-6,8,11H,2-3,7,15H2,1H3/t11-,13?/m1/s1. The molecule has 2 nitrogen and oxygen atoms in total. The first-order valence-corrected chi connectivity index (χ1v) is 5.82. The second-order valence-corrected chi connectivity index (χ2v) is 5.18. The molecular weight excluding hydrogens is 205 g/mol. The second-order valence-electron chi connectivity index (χ2n) is 5.18. The highest BCUT2D eigenvalue weighted by atomic mass is 19.1. The summed E-state index contributed by atoms with van der Waals surface area (Å²) in [6.07, 6.45) is 3.23. The van der Waals surface area contributed by atoms with Gasteiger partial charge >= 0.3 is 0 Å². The Hall–Kier alpha value is -1.09. The Labute approximate surface area is 94.6 Å². The van der Waals surface area contributed by atoms with Gasteiger partial charge in [0.05, 0.1) is 0 Å². The average molecular weight is 221 g/mol. The first kappa shape index (κ1) is 10.1. The van der Waals surface area contributed by atoms with Gasteiger partial charge in [0.2, 0.25) is 0 Å². The second kappa shape index (κ2) is 3.20. The number of rotatable bonds is 1. The summed E-state index contributed by atoms with van der Waals surface area (Å²) >= 11 is 0. The van der Waals surface area contributed by atoms with E-state index in [1.807, 2.05) is 0 Å². The van der Waals surface area contributed by atoms with E-state index in [9.17, 15) is 4.39 Å². The summed E-state index contributed by atoms with van der Waals surface area (Å²) in [6, 6.07) is 4.61. The predicted molar refractivity (Wildman–Crippen MR) is 59.7 cm³/mol. The zero-order chi connectivity index (χ0) is 11.3. The van der Waals surface area contributed by atoms with E-state index >= 15 is 0 Å². The van der Waals surface area contributed by atoms with Crippen molar-refractivity contribution in [3.63, 3.8) is 0 Å². The molecule has 1 aliphatic heterocycles. The number of nitrogens with two attached hydrogens (primary N) is 1. The fourth-order valence-electron chi connectivity index (χ4n) is 2.69. The summed E-state index contributed by atoms with van der Waals surface area (Å²) < 4.78 is 19.1. The number of hydrogen-bond donors (Lipinski definition) is 1. The van der Waals surface area contributed by atoms with E-state index in [1.165, 1.54) is 25.0 Å². The van der Waals surface area contributed by atoms with Gasteiger partial charge in [0.25, 0.3) is 0 Å². The van der Waals surface area contributed by atoms with Gasteiger partial charge in [0.1, 0.15) is 17.2 Å². The maximum atomic E-state index is 13.2. The van der Waals surface area contributed by atoms with Crippen molar-refractivity contribution in [2.24, 2.45) is 11.7 Å². The average Bonchev–Trinajstić information content (AvgIpc) is 2.99. The van der Waals surface area contributed by atoms with Gasteiger partial charge in [-0.05, 0) is 31.7 Å². The lowest BCUT2D eigenvalue weighted by atomic mass is 9.85. The Kier molecular flexibility index (Phi) is 2.02. The monoisotopic (exact) mass is 221 g/mol. The molecule has 16 heavy (non-hydrogen) atoms. The van der Waals surface area contributed by atoms with Gasteiger partial charge < -0.3 is 10.5 Å². The van der Waals surface area contributed by atoms with Crippen LogP contribution >= 0.6 is 0 Å². The molecule has 3 heteroatoms. The molecule has 1 saturated carbocycles. The van der Waals surface area contributed by atoms with Gasteiger partial charge in [-0.15, -0.1) is 0 Å². The van der Waals surface area contributed by atoms with E-state index in [0.29, 0.717) is 11.7 Å². The van der Waals surface area contributed by atoms with E-state index in [2.05, 4.69) is 6.92 Å². The molecule has 0 amide bonds. The minimum atomic E-state index is -0.258. The Morgan fingerprint density at radius 2 is 2.19 bits per heavy atom. The maximum absolute atomic E-state index is 13.2. The third-order valence-electron chi connectivity index (χ3n) is 3.78. The molecule has 1 aliphatic carbocycles. The maximum Gasteiger partial charge on any atom is 0.127 e. The quantitative estimate of drug-likeness (QED) is 0.791. The van der Waals surface area contributed by atoms with Crippen LogP contribution in [0.3, 0.4) is 0 Å². The van der Waals surface area contributed by atoms with Crippen molar-refractivity contribution < 1.29 is 9.13 Å². The number of ether oxygens (including phenoxy) is 1. The van der Waals surface area contributed by atoms with E-state index in [1.54, 1.807) is 6.07 Å². The van der Waals surface area contributed by atoms with Crippen LogP contribution in [0.2, 0.25) is 0 Å². The molecule has 1 unspecified atom stereocenters. The number of fused-ring (bicyclic) bond motifs is 1. The molecule has 1 heterocycles. The molecule has 2 atom stereocenters. The van der Waals surface area contributed by atoms with Gasteiger partial charge in [0.15, 0.2) is 0 Å². The summed E-state index contributed by atoms with van der Waals surface area (Å²) in [5.41, 5.74) is 6.87. The highest BCUT2D eigenvalue weighted by Gasteiger charge is 2.47. The Morgan fingerprint density at radius 1 is 1.44 bits per heavy atom. The molecule has 3 rings (SSSR count). The van der Waals surface area contributed by atoms with Gasteiger partial charge in [-0.1, -0.05) is 6.07 Å². The largest absolute Gasteiger partial charge is 0.487 e. The normalized spacial score (nSPS) is 33.1. The molecule has 0 saturated heterocycles. The van der Waals surface area contributed by atoms with Crippen LogP contribution in [0.25, 0.3) is 0 Å². The first-order chi connectivity index (χ1) is 7.58. The van der Waals surface area contributed by atoms with Crippen molar-refractivity contribution in [3.8, 4) is 5.75 Å². The van der Waals surface area contributed by atoms with Crippen LogP contribution in [0.15, 0.2) is 18.2 Å². The van der Waals surface area contributed by atoms with Crippen LogP contribution in [-0.4, -0.2) is 5.60 Å². The van der Waals surface area contributed by atoms with Gasteiger partial charge in [0, 0.05) is 24.1 Å². The molecule has 1 aromatic rings. The summed E-state index contributed by atoms with van der Waals surface area (Å²) in [6.45, 7) is 2.10. The Morgan fingerprint density at radius 3 is 2.88 bits per heavy atom. The molecule has 1 fully saturated rings. The minimum absolute atomic E-state index is 0.0325. The first-order valence-electron chi connectivity index (χ1n) is 5.82. The number of hydrogen-bond acceptors (Lipinski definition) is 2. The molecule has 0 radical (unpaired) electrons. The van der Waals surface area contributed by atoms with E-state index in [-0.39, 0.29) is 17.5 Å². The van der Waals surface area contributed by atoms with Crippen molar-refractivity contribution >= 4 is 0 Å². The lowest BCUT2D eigenvalue weighted by molar-refractivity contribution is 0.0321. The Bertz CT molecular complexity index is 430. The van der Waals surface area contributed by atoms with Crippen molar-refractivity contribution in [2.45, 2.75) is 37.8 Å². The highest BCUT2D eigenvalue weighted by Crippen LogP contribution is 2.49. The van der Waals surface area contributed by atoms with Crippen molar-refractivity contribution in [1.82, 2.24) is 0 Å². The summed E-state index contributed by atoms with van der Waals surface area (Å²) in [5.74, 6) is 0.967. The lowest BCUT2D eigenvalue weighted by Crippen LogP contribution is -2.42. The zero-order valence-corrected chi connectivity index (χ0v) is 9.37. The molecule has 0 aromatic heterocycles. The molecule has 0 spiro atoms. The van der Waals surface area contributed by atoms with E-state index < -0.39 is 0 Å². The third kappa shape index (κ3) is 1.50. The number of benzene rings is 1. The number of halogens is 1. The fraction of sp³-hybridized carbons (Fsp3) is 0.538. The molecule has 2 N–H and O–H groups in total. The lowest BCUT2D eigenvalue weighted by Gasteiger charge is -2.39. The summed E-state index contributed by atoms with van der Waals surface area (Å²) in [4.78, 5) is 0.